The van der Waals surface area contributed by atoms with E-state index < -0.39 is 12.1 Å². The minimum absolute atomic E-state index is 0.0527. The molecular formula is C25H34N2O4. The van der Waals surface area contributed by atoms with Gasteiger partial charge in [-0.05, 0) is 43.5 Å². The quantitative estimate of drug-likeness (QED) is 0.430. The Morgan fingerprint density at radius 2 is 1.97 bits per heavy atom. The molecule has 0 bridgehead atoms. The molecule has 0 aliphatic carbocycles. The van der Waals surface area contributed by atoms with E-state index in [1.54, 1.807) is 13.1 Å². The van der Waals surface area contributed by atoms with Gasteiger partial charge in [-0.15, -0.1) is 0 Å². The van der Waals surface area contributed by atoms with Gasteiger partial charge in [-0.25, -0.2) is 4.79 Å². The Balaban J connectivity index is 1.99. The van der Waals surface area contributed by atoms with Gasteiger partial charge in [0.1, 0.15) is 5.78 Å². The molecule has 6 heteroatoms. The van der Waals surface area contributed by atoms with Gasteiger partial charge in [-0.3, -0.25) is 9.78 Å². The van der Waals surface area contributed by atoms with E-state index >= 15 is 0 Å². The van der Waals surface area contributed by atoms with Crippen LogP contribution in [0, 0.1) is 0 Å². The van der Waals surface area contributed by atoms with Crippen molar-refractivity contribution in [3.63, 3.8) is 0 Å². The van der Waals surface area contributed by atoms with Crippen molar-refractivity contribution in [2.75, 3.05) is 13.2 Å². The van der Waals surface area contributed by atoms with E-state index in [-0.39, 0.29) is 18.2 Å². The summed E-state index contributed by atoms with van der Waals surface area (Å²) in [4.78, 5) is 27.8. The van der Waals surface area contributed by atoms with Gasteiger partial charge >= 0.3 is 5.97 Å². The second-order valence-corrected chi connectivity index (χ2v) is 7.76. The van der Waals surface area contributed by atoms with Crippen LogP contribution < -0.4 is 5.32 Å². The normalized spacial score (nSPS) is 13.0. The predicted octanol–water partition coefficient (Wildman–Crippen LogP) is 4.58. The largest absolute Gasteiger partial charge is 0.479 e. The fourth-order valence-electron chi connectivity index (χ4n) is 3.36. The van der Waals surface area contributed by atoms with Gasteiger partial charge in [0.2, 0.25) is 0 Å². The molecule has 0 aliphatic heterocycles. The van der Waals surface area contributed by atoms with Crippen molar-refractivity contribution >= 4 is 11.8 Å². The number of carboxylic acids is 1. The molecule has 1 aromatic carbocycles. The average molecular weight is 427 g/mol. The van der Waals surface area contributed by atoms with Crippen LogP contribution in [0.5, 0.6) is 0 Å². The molecule has 2 rings (SSSR count). The van der Waals surface area contributed by atoms with Crippen LogP contribution >= 0.6 is 0 Å². The maximum Gasteiger partial charge on any atom is 0.333 e. The number of hydrogen-bond donors (Lipinski definition) is 2. The fourth-order valence-corrected chi connectivity index (χ4v) is 3.36. The van der Waals surface area contributed by atoms with E-state index in [9.17, 15) is 14.7 Å². The highest BCUT2D eigenvalue weighted by Gasteiger charge is 2.18. The number of nitrogens with one attached hydrogen (secondary N) is 1. The van der Waals surface area contributed by atoms with Gasteiger partial charge in [-0.1, -0.05) is 44.0 Å². The first-order valence-electron chi connectivity index (χ1n) is 11.1. The Hall–Kier alpha value is -2.57. The zero-order chi connectivity index (χ0) is 22.6. The van der Waals surface area contributed by atoms with Crippen molar-refractivity contribution in [3.05, 3.63) is 53.7 Å². The average Bonchev–Trinajstić information content (AvgIpc) is 2.78. The fraction of sp³-hybridized carbons (Fsp3) is 0.480. The van der Waals surface area contributed by atoms with Crippen molar-refractivity contribution in [1.29, 1.82) is 0 Å². The highest BCUT2D eigenvalue weighted by Crippen LogP contribution is 2.22. The third kappa shape index (κ3) is 8.23. The number of unbranched alkanes of at least 4 members (excludes halogenated alkanes) is 2. The summed E-state index contributed by atoms with van der Waals surface area (Å²) in [5.74, 6) is -0.718. The number of hydrogen-bond acceptors (Lipinski definition) is 5. The summed E-state index contributed by atoms with van der Waals surface area (Å²) in [5.41, 5.74) is 3.70. The van der Waals surface area contributed by atoms with Gasteiger partial charge in [0, 0.05) is 37.3 Å². The number of aromatic nitrogens is 1. The number of rotatable bonds is 14. The van der Waals surface area contributed by atoms with Gasteiger partial charge in [-0.2, -0.15) is 0 Å². The second kappa shape index (κ2) is 13.0. The second-order valence-electron chi connectivity index (χ2n) is 7.76. The van der Waals surface area contributed by atoms with Gasteiger partial charge in [0.25, 0.3) is 0 Å². The summed E-state index contributed by atoms with van der Waals surface area (Å²) < 4.78 is 5.27. The maximum atomic E-state index is 12.0. The molecule has 0 aliphatic rings. The lowest BCUT2D eigenvalue weighted by atomic mass is 10.0. The molecule has 31 heavy (non-hydrogen) atoms. The van der Waals surface area contributed by atoms with Crippen molar-refractivity contribution < 1.29 is 19.4 Å². The van der Waals surface area contributed by atoms with Crippen LogP contribution in [0.3, 0.4) is 0 Å². The monoisotopic (exact) mass is 426 g/mol. The zero-order valence-corrected chi connectivity index (χ0v) is 18.8. The zero-order valence-electron chi connectivity index (χ0n) is 18.8. The number of pyridine rings is 1. The molecule has 0 saturated carbocycles. The lowest BCUT2D eigenvalue weighted by Gasteiger charge is -2.15. The molecule has 2 unspecified atom stereocenters. The SMILES string of the molecule is CCCCCC(=O)CNC(C)c1cccc(-c2ccc(CC(OCC)C(=O)O)cn2)c1. The first-order chi connectivity index (χ1) is 14.9. The molecule has 2 atom stereocenters. The van der Waals surface area contributed by atoms with Gasteiger partial charge in [0.15, 0.2) is 6.10 Å². The number of Topliss-reactive ketones (excluding diaryl/α,β-unsaturated/α-hetero) is 1. The van der Waals surface area contributed by atoms with E-state index in [4.69, 9.17) is 4.74 Å². The van der Waals surface area contributed by atoms with Crippen molar-refractivity contribution in [2.45, 2.75) is 65.0 Å². The van der Waals surface area contributed by atoms with Crippen LogP contribution in [-0.4, -0.2) is 41.1 Å². The number of aliphatic carboxylic acids is 1. The molecule has 0 spiro atoms. The summed E-state index contributed by atoms with van der Waals surface area (Å²) in [7, 11) is 0. The van der Waals surface area contributed by atoms with Gasteiger partial charge in [0.05, 0.1) is 12.2 Å². The molecule has 2 N–H and O–H groups in total. The van der Waals surface area contributed by atoms with E-state index in [1.165, 1.54) is 0 Å². The molecule has 0 radical (unpaired) electrons. The van der Waals surface area contributed by atoms with Gasteiger partial charge < -0.3 is 15.2 Å². The number of carbonyl (C=O) groups excluding carboxylic acids is 1. The van der Waals surface area contributed by atoms with E-state index in [0.29, 0.717) is 19.6 Å². The summed E-state index contributed by atoms with van der Waals surface area (Å²) in [5, 5.41) is 12.6. The lowest BCUT2D eigenvalue weighted by Crippen LogP contribution is -2.26. The van der Waals surface area contributed by atoms with Crippen LogP contribution in [0.1, 0.15) is 63.6 Å². The topological polar surface area (TPSA) is 88.5 Å². The standard InChI is InChI=1S/C25H34N2O4/c1-4-6-7-11-22(28)17-26-18(3)20-9-8-10-21(15-20)23-13-12-19(16-27-23)14-24(25(29)30)31-5-2/h8-10,12-13,15-16,18,24,26H,4-7,11,14,17H2,1-3H3,(H,29,30). The van der Waals surface area contributed by atoms with Crippen LogP contribution in [0.15, 0.2) is 42.6 Å². The third-order valence-corrected chi connectivity index (χ3v) is 5.24. The minimum Gasteiger partial charge on any atom is -0.479 e. The number of carboxylic acid groups (broad SMARTS) is 1. The molecule has 1 heterocycles. The number of benzene rings is 1. The first kappa shape index (κ1) is 24.7. The molecule has 168 valence electrons. The number of ketones is 1. The first-order valence-corrected chi connectivity index (χ1v) is 11.1. The molecule has 0 fully saturated rings. The van der Waals surface area contributed by atoms with Crippen LogP contribution in [-0.2, 0) is 20.7 Å². The van der Waals surface area contributed by atoms with Crippen molar-refractivity contribution in [3.8, 4) is 11.3 Å². The molecule has 1 aromatic heterocycles. The molecule has 0 amide bonds. The summed E-state index contributed by atoms with van der Waals surface area (Å²) >= 11 is 0. The van der Waals surface area contributed by atoms with Crippen LogP contribution in [0.25, 0.3) is 11.3 Å². The molecule has 2 aromatic rings. The Labute approximate surface area is 185 Å². The minimum atomic E-state index is -0.969. The van der Waals surface area contributed by atoms with Crippen LogP contribution in [0.2, 0.25) is 0 Å². The summed E-state index contributed by atoms with van der Waals surface area (Å²) in [6, 6.07) is 11.9. The summed E-state index contributed by atoms with van der Waals surface area (Å²) in [6.07, 6.45) is 4.93. The van der Waals surface area contributed by atoms with Crippen LogP contribution in [0.4, 0.5) is 0 Å². The van der Waals surface area contributed by atoms with Crippen molar-refractivity contribution in [2.24, 2.45) is 0 Å². The number of nitrogens with zero attached hydrogens (tertiary/aromatic N) is 1. The number of ether oxygens (including phenoxy) is 1. The molecule has 0 saturated heterocycles. The maximum absolute atomic E-state index is 12.0. The Morgan fingerprint density at radius 1 is 1.16 bits per heavy atom. The Kier molecular flexibility index (Phi) is 10.3. The lowest BCUT2D eigenvalue weighted by molar-refractivity contribution is -0.149. The summed E-state index contributed by atoms with van der Waals surface area (Å²) in [6.45, 7) is 6.70. The predicted molar refractivity (Wildman–Crippen MR) is 122 cm³/mol. The Morgan fingerprint density at radius 3 is 2.61 bits per heavy atom. The highest BCUT2D eigenvalue weighted by atomic mass is 16.5. The van der Waals surface area contributed by atoms with Crippen molar-refractivity contribution in [1.82, 2.24) is 10.3 Å². The number of carbonyl (C=O) groups is 2. The Bertz CT molecular complexity index is 836. The molecular weight excluding hydrogens is 392 g/mol. The highest BCUT2D eigenvalue weighted by molar-refractivity contribution is 5.80. The molecule has 6 nitrogen and oxygen atoms in total. The van der Waals surface area contributed by atoms with E-state index in [0.717, 1.165) is 41.6 Å². The van der Waals surface area contributed by atoms with E-state index in [2.05, 4.69) is 30.2 Å². The van der Waals surface area contributed by atoms with E-state index in [1.807, 2.05) is 30.3 Å². The smallest absolute Gasteiger partial charge is 0.333 e. The third-order valence-electron chi connectivity index (χ3n) is 5.24.